The normalized spacial score (nSPS) is 23.2. The highest BCUT2D eigenvalue weighted by Crippen LogP contribution is 2.42. The number of nitrogens with one attached hydrogen (secondary N) is 1. The number of nitrogens with zero attached hydrogens (tertiary/aromatic N) is 3. The quantitative estimate of drug-likeness (QED) is 0.113. The molecule has 1 aliphatic carbocycles. The van der Waals surface area contributed by atoms with Crippen molar-refractivity contribution in [1.29, 1.82) is 0 Å². The Balaban J connectivity index is 1.21. The summed E-state index contributed by atoms with van der Waals surface area (Å²) in [5, 5.41) is 3.71. The van der Waals surface area contributed by atoms with Crippen molar-refractivity contribution in [2.75, 3.05) is 38.4 Å². The van der Waals surface area contributed by atoms with Gasteiger partial charge in [0.25, 0.3) is 0 Å². The summed E-state index contributed by atoms with van der Waals surface area (Å²) in [5.41, 5.74) is 2.25. The third kappa shape index (κ3) is 9.34. The van der Waals surface area contributed by atoms with Gasteiger partial charge in [-0.15, -0.1) is 0 Å². The predicted octanol–water partition coefficient (Wildman–Crippen LogP) is 8.19. The molecule has 0 bridgehead atoms. The average Bonchev–Trinajstić information content (AvgIpc) is 3.82. The van der Waals surface area contributed by atoms with E-state index in [2.05, 4.69) is 63.6 Å². The molecule has 1 unspecified atom stereocenters. The Hall–Kier alpha value is -2.45. The standard InChI is InChI=1S/C36H52ClF3N4O7Si2/c1-36(2,3)53(7,8)51-28-19-49-30-27(18-48-31(28)30)50-35-42-26-17-23(37)32(43-33(26)44(35)20-45-13-14-52(4,5)6)41-25-10-9-21-15-22(16-24(38)29(21)25)46-11-12-47-34(39)40/h15-17,25,27-28,30-31,34H,9-14,18-20H2,1-8H3,(H,41,43)/t25?,27-,28-,30-,31-/m1/s1. The van der Waals surface area contributed by atoms with Crippen LogP contribution in [0.5, 0.6) is 11.8 Å². The summed E-state index contributed by atoms with van der Waals surface area (Å²) in [6.45, 7) is 16.1. The highest BCUT2D eigenvalue weighted by Gasteiger charge is 2.52. The van der Waals surface area contributed by atoms with Crippen LogP contribution in [0.4, 0.5) is 19.0 Å². The van der Waals surface area contributed by atoms with E-state index in [0.29, 0.717) is 66.2 Å². The highest BCUT2D eigenvalue weighted by molar-refractivity contribution is 6.76. The molecule has 5 atom stereocenters. The molecule has 0 spiro atoms. The smallest absolute Gasteiger partial charge is 0.345 e. The highest BCUT2D eigenvalue weighted by atomic mass is 35.5. The number of halogens is 4. The largest absolute Gasteiger partial charge is 0.491 e. The van der Waals surface area contributed by atoms with E-state index < -0.39 is 41.0 Å². The summed E-state index contributed by atoms with van der Waals surface area (Å²) >= 11 is 6.78. The summed E-state index contributed by atoms with van der Waals surface area (Å²) in [6, 6.07) is 5.56. The van der Waals surface area contributed by atoms with E-state index in [1.165, 1.54) is 6.07 Å². The van der Waals surface area contributed by atoms with Gasteiger partial charge in [-0.25, -0.2) is 9.37 Å². The van der Waals surface area contributed by atoms with Gasteiger partial charge in [-0.05, 0) is 54.7 Å². The number of fused-ring (bicyclic) bond motifs is 3. The Bertz CT molecular complexity index is 1760. The summed E-state index contributed by atoms with van der Waals surface area (Å²) in [5.74, 6) is 0.146. The van der Waals surface area contributed by atoms with Crippen LogP contribution in [0.2, 0.25) is 48.8 Å². The van der Waals surface area contributed by atoms with Crippen molar-refractivity contribution in [3.63, 3.8) is 0 Å². The second-order valence-corrected chi connectivity index (χ2v) is 27.5. The molecule has 0 amide bonds. The van der Waals surface area contributed by atoms with E-state index in [1.54, 1.807) is 16.7 Å². The zero-order valence-corrected chi connectivity index (χ0v) is 34.5. The monoisotopic (exact) mass is 800 g/mol. The lowest BCUT2D eigenvalue weighted by Gasteiger charge is -2.39. The first-order valence-electron chi connectivity index (χ1n) is 18.2. The minimum atomic E-state index is -2.89. The van der Waals surface area contributed by atoms with E-state index in [1.807, 2.05) is 0 Å². The number of pyridine rings is 1. The topological polar surface area (TPSA) is 107 Å². The summed E-state index contributed by atoms with van der Waals surface area (Å²) in [4.78, 5) is 9.69. The predicted molar refractivity (Wildman–Crippen MR) is 201 cm³/mol. The molecule has 11 nitrogen and oxygen atoms in total. The number of alkyl halides is 2. The minimum absolute atomic E-state index is 0.0488. The third-order valence-corrected chi connectivity index (χ3v) is 17.0. The van der Waals surface area contributed by atoms with E-state index in [4.69, 9.17) is 49.7 Å². The molecule has 1 N–H and O–H groups in total. The Morgan fingerprint density at radius 1 is 1.00 bits per heavy atom. The second kappa shape index (κ2) is 16.0. The molecule has 1 aromatic carbocycles. The molecule has 3 aromatic rings. The van der Waals surface area contributed by atoms with Crippen molar-refractivity contribution in [2.24, 2.45) is 0 Å². The van der Waals surface area contributed by atoms with Crippen molar-refractivity contribution >= 4 is 45.0 Å². The van der Waals surface area contributed by atoms with Gasteiger partial charge in [0.05, 0.1) is 37.0 Å². The number of hydrogen-bond donors (Lipinski definition) is 1. The van der Waals surface area contributed by atoms with Crippen LogP contribution >= 0.6 is 11.6 Å². The zero-order chi connectivity index (χ0) is 38.3. The fraction of sp³-hybridized carbons (Fsp3) is 0.667. The van der Waals surface area contributed by atoms with E-state index in [0.717, 1.165) is 11.6 Å². The Morgan fingerprint density at radius 2 is 1.72 bits per heavy atom. The van der Waals surface area contributed by atoms with Gasteiger partial charge >= 0.3 is 12.6 Å². The molecule has 2 saturated heterocycles. The number of imidazole rings is 1. The third-order valence-electron chi connectivity index (χ3n) is 10.5. The second-order valence-electron chi connectivity index (χ2n) is 16.7. The number of hydrogen-bond acceptors (Lipinski definition) is 10. The maximum absolute atomic E-state index is 15.5. The van der Waals surface area contributed by atoms with Gasteiger partial charge in [0.1, 0.15) is 48.4 Å². The van der Waals surface area contributed by atoms with Crippen molar-refractivity contribution in [1.82, 2.24) is 14.5 Å². The molecule has 2 fully saturated rings. The van der Waals surface area contributed by atoms with Crippen molar-refractivity contribution < 1.29 is 46.0 Å². The zero-order valence-electron chi connectivity index (χ0n) is 31.8. The van der Waals surface area contributed by atoms with Crippen LogP contribution in [0, 0.1) is 5.82 Å². The first-order chi connectivity index (χ1) is 24.9. The lowest BCUT2D eigenvalue weighted by molar-refractivity contribution is -0.133. The molecule has 6 rings (SSSR count). The molecule has 0 saturated carbocycles. The van der Waals surface area contributed by atoms with Crippen molar-refractivity contribution in [2.45, 2.75) is 121 Å². The summed E-state index contributed by atoms with van der Waals surface area (Å²) < 4.78 is 83.4. The SMILES string of the molecule is CC(C)(C)[Si](C)(C)O[C@@H]1CO[C@H]2[C@@H]1OC[C@H]2Oc1nc2cc(Cl)c(NC3CCc4cc(OCCOC(F)F)cc(F)c43)nc2n1COCC[Si](C)(C)C. The van der Waals surface area contributed by atoms with Gasteiger partial charge in [-0.2, -0.15) is 13.8 Å². The van der Waals surface area contributed by atoms with Crippen LogP contribution in [0.1, 0.15) is 44.4 Å². The fourth-order valence-electron chi connectivity index (χ4n) is 6.55. The van der Waals surface area contributed by atoms with Gasteiger partial charge in [0, 0.05) is 26.3 Å². The summed E-state index contributed by atoms with van der Waals surface area (Å²) in [6.07, 6.45) is -0.0242. The van der Waals surface area contributed by atoms with Gasteiger partial charge in [-0.3, -0.25) is 4.57 Å². The van der Waals surface area contributed by atoms with Gasteiger partial charge < -0.3 is 38.2 Å². The number of aryl methyl sites for hydroxylation is 1. The molecule has 294 valence electrons. The molecule has 3 aliphatic rings. The molecule has 53 heavy (non-hydrogen) atoms. The van der Waals surface area contributed by atoms with Crippen LogP contribution in [0.15, 0.2) is 18.2 Å². The number of benzene rings is 1. The molecular weight excluding hydrogens is 749 g/mol. The average molecular weight is 801 g/mol. The molecule has 2 aliphatic heterocycles. The molecular formula is C36H52ClF3N4O7Si2. The first kappa shape index (κ1) is 40.2. The van der Waals surface area contributed by atoms with Crippen molar-refractivity contribution in [3.8, 4) is 11.8 Å². The Morgan fingerprint density at radius 3 is 2.42 bits per heavy atom. The van der Waals surface area contributed by atoms with E-state index in [-0.39, 0.29) is 49.0 Å². The van der Waals surface area contributed by atoms with E-state index in [9.17, 15) is 8.78 Å². The molecule has 0 radical (unpaired) electrons. The van der Waals surface area contributed by atoms with Gasteiger partial charge in [0.15, 0.2) is 20.1 Å². The fourth-order valence-corrected chi connectivity index (χ4v) is 8.82. The van der Waals surface area contributed by atoms with Crippen LogP contribution in [0.3, 0.4) is 0 Å². The molecule has 2 aromatic heterocycles. The van der Waals surface area contributed by atoms with Crippen LogP contribution in [-0.4, -0.2) is 95.0 Å². The summed E-state index contributed by atoms with van der Waals surface area (Å²) in [7, 11) is -3.41. The van der Waals surface area contributed by atoms with Crippen molar-refractivity contribution in [3.05, 3.63) is 40.2 Å². The number of ether oxygens (including phenoxy) is 6. The minimum Gasteiger partial charge on any atom is -0.491 e. The van der Waals surface area contributed by atoms with Gasteiger partial charge in [-0.1, -0.05) is 52.0 Å². The van der Waals surface area contributed by atoms with Crippen LogP contribution in [-0.2, 0) is 36.5 Å². The number of aromatic nitrogens is 3. The maximum Gasteiger partial charge on any atom is 0.345 e. The van der Waals surface area contributed by atoms with E-state index >= 15 is 4.39 Å². The van der Waals surface area contributed by atoms with Crippen LogP contribution < -0.4 is 14.8 Å². The molecule has 4 heterocycles. The van der Waals surface area contributed by atoms with Crippen LogP contribution in [0.25, 0.3) is 11.2 Å². The molecule has 17 heteroatoms. The Labute approximate surface area is 316 Å². The lowest BCUT2D eigenvalue weighted by atomic mass is 10.1. The maximum atomic E-state index is 15.5. The first-order valence-corrected chi connectivity index (χ1v) is 25.2. The Kier molecular flexibility index (Phi) is 12.1. The number of rotatable bonds is 16. The number of anilines is 1. The lowest BCUT2D eigenvalue weighted by Crippen LogP contribution is -2.47. The van der Waals surface area contributed by atoms with Gasteiger partial charge in [0.2, 0.25) is 0 Å².